The van der Waals surface area contributed by atoms with E-state index in [1.54, 1.807) is 31.4 Å². The van der Waals surface area contributed by atoms with Gasteiger partial charge in [-0.15, -0.1) is 0 Å². The Morgan fingerprint density at radius 2 is 1.63 bits per heavy atom. The van der Waals surface area contributed by atoms with E-state index < -0.39 is 17.2 Å². The lowest BCUT2D eigenvalue weighted by molar-refractivity contribution is 0.0268. The van der Waals surface area contributed by atoms with Crippen molar-refractivity contribution < 1.29 is 23.8 Å². The van der Waals surface area contributed by atoms with Crippen LogP contribution in [0.3, 0.4) is 0 Å². The van der Waals surface area contributed by atoms with Gasteiger partial charge in [-0.1, -0.05) is 32.0 Å². The summed E-state index contributed by atoms with van der Waals surface area (Å²) in [5, 5.41) is 0. The number of hydrogen-bond acceptors (Lipinski definition) is 5. The van der Waals surface area contributed by atoms with Crippen molar-refractivity contribution in [3.8, 4) is 11.5 Å². The Hall–Kier alpha value is -3.48. The Bertz CT molecular complexity index is 1090. The summed E-state index contributed by atoms with van der Waals surface area (Å²) in [5.74, 6) is 1.34. The molecule has 0 saturated carbocycles. The molecule has 0 fully saturated rings. The number of methoxy groups -OCH3 is 2. The van der Waals surface area contributed by atoms with Crippen LogP contribution in [-0.2, 0) is 16.8 Å². The Morgan fingerprint density at radius 3 is 2.17 bits per heavy atom. The third-order valence-electron chi connectivity index (χ3n) is 6.04. The van der Waals surface area contributed by atoms with Crippen molar-refractivity contribution in [3.63, 3.8) is 0 Å². The fraction of sp³-hybridized carbons (Fsp3) is 0.429. The van der Waals surface area contributed by atoms with Gasteiger partial charge in [-0.05, 0) is 68.7 Å². The molecule has 2 amide bonds. The SMILES string of the molecule is CC.COc1ccc(CN2C(=O)c3cc(OC)ccc3C23C=CN(C(=O)OC(C)(C)C)CC3)cc1. The molecule has 188 valence electrons. The van der Waals surface area contributed by atoms with Gasteiger partial charge in [-0.25, -0.2) is 4.79 Å². The highest BCUT2D eigenvalue weighted by Gasteiger charge is 2.49. The second-order valence-electron chi connectivity index (χ2n) is 9.31. The highest BCUT2D eigenvalue weighted by Crippen LogP contribution is 2.46. The molecular formula is C28H36N2O5. The smallest absolute Gasteiger partial charge is 0.414 e. The topological polar surface area (TPSA) is 68.3 Å². The van der Waals surface area contributed by atoms with Crippen LogP contribution >= 0.6 is 0 Å². The molecule has 7 heteroatoms. The number of hydrogen-bond donors (Lipinski definition) is 0. The van der Waals surface area contributed by atoms with Gasteiger partial charge in [-0.3, -0.25) is 9.69 Å². The molecule has 1 atom stereocenters. The van der Waals surface area contributed by atoms with E-state index >= 15 is 0 Å². The maximum Gasteiger partial charge on any atom is 0.414 e. The molecule has 0 aliphatic carbocycles. The van der Waals surface area contributed by atoms with Crippen molar-refractivity contribution in [1.29, 1.82) is 0 Å². The number of ether oxygens (including phenoxy) is 3. The summed E-state index contributed by atoms with van der Waals surface area (Å²) in [4.78, 5) is 29.6. The summed E-state index contributed by atoms with van der Waals surface area (Å²) in [6.07, 6.45) is 3.85. The number of carbonyl (C=O) groups excluding carboxylic acids is 2. The standard InChI is InChI=1S/C26H30N2O5.C2H6/c1-25(2,3)33-24(30)27-14-12-26(13-15-27)22-11-10-20(32-5)16-21(22)23(29)28(26)17-18-6-8-19(31-4)9-7-18;1-2/h6-12,14,16H,13,15,17H2,1-5H3;1-2H3. The molecule has 1 spiro atoms. The third kappa shape index (κ3) is 5.29. The number of benzene rings is 2. The van der Waals surface area contributed by atoms with Crippen molar-refractivity contribution in [2.45, 2.75) is 58.7 Å². The van der Waals surface area contributed by atoms with E-state index in [0.29, 0.717) is 30.8 Å². The normalized spacial score (nSPS) is 18.7. The average molecular weight is 481 g/mol. The Kier molecular flexibility index (Phi) is 7.78. The van der Waals surface area contributed by atoms with E-state index in [0.717, 1.165) is 16.9 Å². The van der Waals surface area contributed by atoms with Crippen LogP contribution in [0.4, 0.5) is 4.79 Å². The van der Waals surface area contributed by atoms with Gasteiger partial charge in [-0.2, -0.15) is 0 Å². The lowest BCUT2D eigenvalue weighted by atomic mass is 9.84. The molecular weight excluding hydrogens is 444 g/mol. The van der Waals surface area contributed by atoms with E-state index in [9.17, 15) is 9.59 Å². The largest absolute Gasteiger partial charge is 0.497 e. The van der Waals surface area contributed by atoms with Crippen LogP contribution < -0.4 is 9.47 Å². The second kappa shape index (κ2) is 10.4. The van der Waals surface area contributed by atoms with E-state index in [2.05, 4.69) is 0 Å². The third-order valence-corrected chi connectivity index (χ3v) is 6.04. The minimum Gasteiger partial charge on any atom is -0.497 e. The molecule has 0 N–H and O–H groups in total. The molecule has 2 heterocycles. The van der Waals surface area contributed by atoms with E-state index in [4.69, 9.17) is 14.2 Å². The zero-order valence-electron chi connectivity index (χ0n) is 21.8. The van der Waals surface area contributed by atoms with Gasteiger partial charge in [0.05, 0.1) is 19.8 Å². The van der Waals surface area contributed by atoms with Gasteiger partial charge in [0, 0.05) is 24.9 Å². The molecule has 7 nitrogen and oxygen atoms in total. The van der Waals surface area contributed by atoms with Crippen molar-refractivity contribution >= 4 is 12.0 Å². The van der Waals surface area contributed by atoms with Crippen molar-refractivity contribution in [1.82, 2.24) is 9.80 Å². The first-order valence-electron chi connectivity index (χ1n) is 12.0. The summed E-state index contributed by atoms with van der Waals surface area (Å²) in [5.41, 5.74) is 1.30. The Morgan fingerprint density at radius 1 is 1.00 bits per heavy atom. The fourth-order valence-electron chi connectivity index (χ4n) is 4.39. The van der Waals surface area contributed by atoms with Crippen LogP contribution in [0.15, 0.2) is 54.7 Å². The lowest BCUT2D eigenvalue weighted by Crippen LogP contribution is -2.47. The van der Waals surface area contributed by atoms with Crippen molar-refractivity contribution in [2.24, 2.45) is 0 Å². The van der Waals surface area contributed by atoms with Crippen LogP contribution in [0.5, 0.6) is 11.5 Å². The Labute approximate surface area is 208 Å². The van der Waals surface area contributed by atoms with Gasteiger partial charge in [0.25, 0.3) is 5.91 Å². The van der Waals surface area contributed by atoms with Gasteiger partial charge >= 0.3 is 6.09 Å². The van der Waals surface area contributed by atoms with Crippen molar-refractivity contribution in [2.75, 3.05) is 20.8 Å². The highest BCUT2D eigenvalue weighted by atomic mass is 16.6. The zero-order valence-corrected chi connectivity index (χ0v) is 21.8. The minimum absolute atomic E-state index is 0.0601. The number of carbonyl (C=O) groups is 2. The molecule has 0 saturated heterocycles. The van der Waals surface area contributed by atoms with Crippen molar-refractivity contribution in [3.05, 3.63) is 71.4 Å². The maximum absolute atomic E-state index is 13.6. The molecule has 2 aromatic carbocycles. The molecule has 0 radical (unpaired) electrons. The van der Waals surface area contributed by atoms with Gasteiger partial charge in [0.1, 0.15) is 17.1 Å². The first-order valence-corrected chi connectivity index (χ1v) is 12.0. The summed E-state index contributed by atoms with van der Waals surface area (Å²) in [6, 6.07) is 13.3. The maximum atomic E-state index is 13.6. The number of rotatable bonds is 4. The van der Waals surface area contributed by atoms with E-state index in [-0.39, 0.29) is 5.91 Å². The predicted octanol–water partition coefficient (Wildman–Crippen LogP) is 5.74. The number of nitrogens with zero attached hydrogens (tertiary/aromatic N) is 2. The molecule has 4 rings (SSSR count). The van der Waals surface area contributed by atoms with Crippen LogP contribution in [0, 0.1) is 0 Å². The average Bonchev–Trinajstić information content (AvgIpc) is 3.07. The summed E-state index contributed by atoms with van der Waals surface area (Å²) in [7, 11) is 3.21. The van der Waals surface area contributed by atoms with Gasteiger partial charge in [0.2, 0.25) is 0 Å². The minimum atomic E-state index is -0.656. The van der Waals surface area contributed by atoms with E-state index in [1.165, 1.54) is 0 Å². The van der Waals surface area contributed by atoms with Gasteiger partial charge in [0.15, 0.2) is 0 Å². The quantitative estimate of drug-likeness (QED) is 0.559. The summed E-state index contributed by atoms with van der Waals surface area (Å²) < 4.78 is 16.1. The first kappa shape index (κ1) is 26.1. The molecule has 1 unspecified atom stereocenters. The van der Waals surface area contributed by atoms with Gasteiger partial charge < -0.3 is 19.1 Å². The van der Waals surface area contributed by atoms with Crippen LogP contribution in [0.25, 0.3) is 0 Å². The van der Waals surface area contributed by atoms with Crippen LogP contribution in [0.1, 0.15) is 62.5 Å². The molecule has 2 aromatic rings. The molecule has 2 aliphatic rings. The van der Waals surface area contributed by atoms with E-state index in [1.807, 2.05) is 82.0 Å². The number of fused-ring (bicyclic) bond motifs is 2. The predicted molar refractivity (Wildman–Crippen MR) is 136 cm³/mol. The zero-order chi connectivity index (χ0) is 25.8. The summed E-state index contributed by atoms with van der Waals surface area (Å²) in [6.45, 7) is 10.4. The molecule has 0 aromatic heterocycles. The van der Waals surface area contributed by atoms with Crippen LogP contribution in [0.2, 0.25) is 0 Å². The van der Waals surface area contributed by atoms with Crippen LogP contribution in [-0.4, -0.2) is 48.2 Å². The lowest BCUT2D eigenvalue weighted by Gasteiger charge is -2.41. The molecule has 35 heavy (non-hydrogen) atoms. The highest BCUT2D eigenvalue weighted by molar-refractivity contribution is 6.01. The molecule has 0 bridgehead atoms. The second-order valence-corrected chi connectivity index (χ2v) is 9.31. The molecule has 2 aliphatic heterocycles. The Balaban J connectivity index is 0.00000167. The first-order chi connectivity index (χ1) is 16.7. The monoisotopic (exact) mass is 480 g/mol. The summed E-state index contributed by atoms with van der Waals surface area (Å²) >= 11 is 0. The number of amides is 2. The fourth-order valence-corrected chi connectivity index (χ4v) is 4.39.